The minimum atomic E-state index is -0.258. The molecule has 2 aliphatic rings. The lowest BCUT2D eigenvalue weighted by molar-refractivity contribution is -0.145. The molecule has 6 heteroatoms. The average molecular weight is 338 g/mol. The van der Waals surface area contributed by atoms with Crippen LogP contribution in [0.3, 0.4) is 0 Å². The normalized spacial score (nSPS) is 32.0. The molecule has 0 aromatic carbocycles. The van der Waals surface area contributed by atoms with Gasteiger partial charge >= 0.3 is 5.97 Å². The Morgan fingerprint density at radius 2 is 1.79 bits per heavy atom. The molecule has 0 unspecified atom stereocenters. The summed E-state index contributed by atoms with van der Waals surface area (Å²) in [6.07, 6.45) is 2.01. The summed E-state index contributed by atoms with van der Waals surface area (Å²) in [6, 6.07) is -0.392. The second-order valence-corrected chi connectivity index (χ2v) is 6.78. The predicted molar refractivity (Wildman–Crippen MR) is 93.3 cm³/mol. The number of nitrogens with zero attached hydrogens (tertiary/aromatic N) is 2. The van der Waals surface area contributed by atoms with Gasteiger partial charge in [-0.2, -0.15) is 0 Å². The van der Waals surface area contributed by atoms with E-state index in [4.69, 9.17) is 24.2 Å². The monoisotopic (exact) mass is 338 g/mol. The van der Waals surface area contributed by atoms with Crippen molar-refractivity contribution in [1.82, 2.24) is 0 Å². The number of hydrogen-bond acceptors (Lipinski definition) is 6. The van der Waals surface area contributed by atoms with Crippen LogP contribution in [0.2, 0.25) is 0 Å². The first-order chi connectivity index (χ1) is 11.5. The maximum atomic E-state index is 12.3. The van der Waals surface area contributed by atoms with E-state index in [1.165, 1.54) is 0 Å². The molecule has 0 saturated heterocycles. The highest BCUT2D eigenvalue weighted by Gasteiger charge is 2.60. The summed E-state index contributed by atoms with van der Waals surface area (Å²) in [4.78, 5) is 21.8. The molecule has 0 aromatic heterocycles. The third kappa shape index (κ3) is 3.57. The Balaban J connectivity index is 2.26. The highest BCUT2D eigenvalue weighted by molar-refractivity contribution is 5.95. The lowest BCUT2D eigenvalue weighted by Gasteiger charge is -2.27. The number of carbonyl (C=O) groups is 1. The molecule has 1 heterocycles. The van der Waals surface area contributed by atoms with Gasteiger partial charge in [-0.15, -0.1) is 0 Å². The highest BCUT2D eigenvalue weighted by atomic mass is 16.5. The fourth-order valence-electron chi connectivity index (χ4n) is 3.68. The molecule has 0 amide bonds. The van der Waals surface area contributed by atoms with Gasteiger partial charge in [0, 0.05) is 5.92 Å². The summed E-state index contributed by atoms with van der Waals surface area (Å²) >= 11 is 0. The topological polar surface area (TPSA) is 69.5 Å². The molecule has 0 N–H and O–H groups in total. The van der Waals surface area contributed by atoms with Crippen LogP contribution in [0.4, 0.5) is 0 Å². The largest absolute Gasteiger partial charge is 0.483 e. The molecule has 24 heavy (non-hydrogen) atoms. The molecule has 6 nitrogen and oxygen atoms in total. The third-order valence-corrected chi connectivity index (χ3v) is 4.86. The zero-order valence-corrected chi connectivity index (χ0v) is 15.6. The molecule has 136 valence electrons. The van der Waals surface area contributed by atoms with E-state index in [0.717, 1.165) is 12.8 Å². The van der Waals surface area contributed by atoms with Crippen molar-refractivity contribution in [2.75, 3.05) is 20.8 Å². The number of hydrogen-bond donors (Lipinski definition) is 0. The number of ether oxygens (including phenoxy) is 3. The number of carbonyl (C=O) groups excluding carboxylic acids is 1. The predicted octanol–water partition coefficient (Wildman–Crippen LogP) is 2.71. The Hall–Kier alpha value is -1.59. The minimum absolute atomic E-state index is 0.0842. The van der Waals surface area contributed by atoms with E-state index in [-0.39, 0.29) is 41.7 Å². The minimum Gasteiger partial charge on any atom is -0.483 e. The molecule has 1 aliphatic heterocycles. The number of esters is 1. The van der Waals surface area contributed by atoms with E-state index in [0.29, 0.717) is 18.4 Å². The van der Waals surface area contributed by atoms with Crippen LogP contribution < -0.4 is 0 Å². The Labute approximate surface area is 144 Å². The van der Waals surface area contributed by atoms with E-state index >= 15 is 0 Å². The van der Waals surface area contributed by atoms with Crippen LogP contribution in [0, 0.1) is 23.7 Å². The molecular formula is C18H30N2O4. The fourth-order valence-corrected chi connectivity index (χ4v) is 3.68. The van der Waals surface area contributed by atoms with Crippen molar-refractivity contribution in [3.05, 3.63) is 0 Å². The first kappa shape index (κ1) is 18.7. The van der Waals surface area contributed by atoms with E-state index in [1.54, 1.807) is 14.2 Å². The van der Waals surface area contributed by atoms with E-state index in [9.17, 15) is 4.79 Å². The van der Waals surface area contributed by atoms with Gasteiger partial charge in [0.25, 0.3) is 0 Å². The van der Waals surface area contributed by atoms with Gasteiger partial charge < -0.3 is 14.2 Å². The van der Waals surface area contributed by atoms with Crippen LogP contribution in [0.25, 0.3) is 0 Å². The molecule has 1 saturated carbocycles. The second-order valence-electron chi connectivity index (χ2n) is 6.78. The van der Waals surface area contributed by atoms with Crippen molar-refractivity contribution in [2.24, 2.45) is 33.7 Å². The van der Waals surface area contributed by atoms with E-state index in [1.807, 2.05) is 6.92 Å². The number of methoxy groups -OCH3 is 2. The molecule has 0 aromatic rings. The molecule has 5 atom stereocenters. The summed E-state index contributed by atoms with van der Waals surface area (Å²) in [7, 11) is 3.24. The Kier molecular flexibility index (Phi) is 6.24. The first-order valence-corrected chi connectivity index (χ1v) is 8.90. The lowest BCUT2D eigenvalue weighted by atomic mass is 10.0. The van der Waals surface area contributed by atoms with Gasteiger partial charge in [0.2, 0.25) is 11.8 Å². The van der Waals surface area contributed by atoms with Gasteiger partial charge in [0.15, 0.2) is 0 Å². The van der Waals surface area contributed by atoms with Crippen molar-refractivity contribution in [2.45, 2.75) is 52.6 Å². The van der Waals surface area contributed by atoms with E-state index in [2.05, 4.69) is 20.8 Å². The molecule has 2 rings (SSSR count). The first-order valence-electron chi connectivity index (χ1n) is 8.90. The molecule has 0 radical (unpaired) electrons. The van der Waals surface area contributed by atoms with Crippen molar-refractivity contribution in [3.63, 3.8) is 0 Å². The lowest BCUT2D eigenvalue weighted by Crippen LogP contribution is -2.39. The second kappa shape index (κ2) is 7.99. The van der Waals surface area contributed by atoms with Crippen LogP contribution >= 0.6 is 0 Å². The quantitative estimate of drug-likeness (QED) is 0.698. The molecule has 1 aliphatic carbocycles. The summed E-state index contributed by atoms with van der Waals surface area (Å²) < 4.78 is 16.2. The summed E-state index contributed by atoms with van der Waals surface area (Å²) in [5.74, 6) is 1.61. The maximum absolute atomic E-state index is 12.3. The Morgan fingerprint density at radius 1 is 1.12 bits per heavy atom. The summed E-state index contributed by atoms with van der Waals surface area (Å²) in [5.41, 5.74) is 0. The number of aliphatic imine (C=N–C) groups is 2. The highest BCUT2D eigenvalue weighted by Crippen LogP contribution is 2.53. The SMILES string of the molecule is CCC[C@@H]1[C@H](C(=O)OCC)[C@H]1[C@@H]1N=C(OC)[C@@H](C(C)C)N=C1OC. The van der Waals surface area contributed by atoms with Gasteiger partial charge in [-0.1, -0.05) is 27.2 Å². The zero-order chi connectivity index (χ0) is 17.9. The van der Waals surface area contributed by atoms with Crippen molar-refractivity contribution in [1.29, 1.82) is 0 Å². The molecular weight excluding hydrogens is 308 g/mol. The van der Waals surface area contributed by atoms with Crippen LogP contribution in [-0.4, -0.2) is 50.7 Å². The van der Waals surface area contributed by atoms with Crippen molar-refractivity contribution in [3.8, 4) is 0 Å². The van der Waals surface area contributed by atoms with E-state index < -0.39 is 0 Å². The molecule has 0 spiro atoms. The smallest absolute Gasteiger partial charge is 0.309 e. The Bertz CT molecular complexity index is 515. The average Bonchev–Trinajstić information content (AvgIpc) is 3.27. The van der Waals surface area contributed by atoms with Crippen LogP contribution in [0.1, 0.15) is 40.5 Å². The van der Waals surface area contributed by atoms with Crippen molar-refractivity contribution >= 4 is 17.8 Å². The van der Waals surface area contributed by atoms with Gasteiger partial charge in [-0.25, -0.2) is 9.98 Å². The molecule has 0 bridgehead atoms. The Morgan fingerprint density at radius 3 is 2.29 bits per heavy atom. The fraction of sp³-hybridized carbons (Fsp3) is 0.833. The van der Waals surface area contributed by atoms with Gasteiger partial charge in [-0.3, -0.25) is 4.79 Å². The van der Waals surface area contributed by atoms with Crippen molar-refractivity contribution < 1.29 is 19.0 Å². The standard InChI is InChI=1S/C18H30N2O4/c1-7-9-11-12(13(11)18(21)24-8-2)15-17(23-6)19-14(10(3)4)16(20-15)22-5/h10-15H,7-9H2,1-6H3/t11-,12-,13-,14+,15-/m0/s1. The van der Waals surface area contributed by atoms with Gasteiger partial charge in [-0.05, 0) is 25.2 Å². The summed E-state index contributed by atoms with van der Waals surface area (Å²) in [6.45, 7) is 8.52. The zero-order valence-electron chi connectivity index (χ0n) is 15.6. The van der Waals surface area contributed by atoms with Crippen LogP contribution in [0.5, 0.6) is 0 Å². The summed E-state index contributed by atoms with van der Waals surface area (Å²) in [5, 5.41) is 0. The van der Waals surface area contributed by atoms with Gasteiger partial charge in [0.05, 0.1) is 26.7 Å². The number of rotatable bonds is 6. The van der Waals surface area contributed by atoms with Crippen LogP contribution in [-0.2, 0) is 19.0 Å². The third-order valence-electron chi connectivity index (χ3n) is 4.86. The van der Waals surface area contributed by atoms with Crippen LogP contribution in [0.15, 0.2) is 9.98 Å². The van der Waals surface area contributed by atoms with Gasteiger partial charge in [0.1, 0.15) is 12.1 Å². The molecule has 1 fully saturated rings. The maximum Gasteiger partial charge on any atom is 0.309 e.